The standard InChI is InChI=1S/C26H23F2N5O2S/c27-18-1-3-19(4-2-18)33-6-5-17-11-21(22(28)12-24(17)33)25(34)32-13-20(14-32)30-7-9-31(10-8-30)26(35)23-15-36-16-29-23/h1-6,11-12,15-16,20H,7-10,13-14H2. The Bertz CT molecular complexity index is 1420. The number of hydrogen-bond donors (Lipinski definition) is 0. The minimum atomic E-state index is -0.577. The van der Waals surface area contributed by atoms with Crippen molar-refractivity contribution in [3.8, 4) is 5.69 Å². The molecule has 2 amide bonds. The lowest BCUT2D eigenvalue weighted by Crippen LogP contribution is -2.64. The maximum atomic E-state index is 15.0. The van der Waals surface area contributed by atoms with Crippen LogP contribution in [0.2, 0.25) is 0 Å². The van der Waals surface area contributed by atoms with Gasteiger partial charge in [-0.1, -0.05) is 0 Å². The number of thiazole rings is 1. The molecule has 0 bridgehead atoms. The highest BCUT2D eigenvalue weighted by Gasteiger charge is 2.38. The van der Waals surface area contributed by atoms with E-state index in [-0.39, 0.29) is 29.2 Å². The molecule has 0 saturated carbocycles. The Balaban J connectivity index is 1.09. The zero-order chi connectivity index (χ0) is 24.8. The molecule has 2 aromatic carbocycles. The molecule has 0 N–H and O–H groups in total. The van der Waals surface area contributed by atoms with Gasteiger partial charge in [0.1, 0.15) is 17.3 Å². The van der Waals surface area contributed by atoms with Crippen molar-refractivity contribution in [2.24, 2.45) is 0 Å². The summed E-state index contributed by atoms with van der Waals surface area (Å²) in [5, 5.41) is 2.50. The number of amides is 2. The molecule has 2 aliphatic rings. The van der Waals surface area contributed by atoms with Gasteiger partial charge in [-0.25, -0.2) is 13.8 Å². The third-order valence-electron chi connectivity index (χ3n) is 7.03. The predicted molar refractivity (Wildman–Crippen MR) is 132 cm³/mol. The van der Waals surface area contributed by atoms with Gasteiger partial charge in [-0.3, -0.25) is 14.5 Å². The van der Waals surface area contributed by atoms with E-state index >= 15 is 4.39 Å². The number of piperazine rings is 1. The van der Waals surface area contributed by atoms with Gasteiger partial charge in [0.25, 0.3) is 11.8 Å². The van der Waals surface area contributed by atoms with Crippen LogP contribution in [0.25, 0.3) is 16.6 Å². The number of carbonyl (C=O) groups excluding carboxylic acids is 2. The first kappa shape index (κ1) is 22.8. The van der Waals surface area contributed by atoms with Gasteiger partial charge in [0.15, 0.2) is 0 Å². The molecule has 10 heteroatoms. The Morgan fingerprint density at radius 2 is 1.67 bits per heavy atom. The van der Waals surface area contributed by atoms with Gasteiger partial charge in [-0.05, 0) is 42.5 Å². The Labute approximate surface area is 210 Å². The van der Waals surface area contributed by atoms with E-state index in [1.54, 1.807) is 44.8 Å². The number of nitrogens with zero attached hydrogens (tertiary/aromatic N) is 5. The van der Waals surface area contributed by atoms with Crippen LogP contribution in [-0.2, 0) is 0 Å². The maximum Gasteiger partial charge on any atom is 0.273 e. The van der Waals surface area contributed by atoms with Crippen LogP contribution in [0, 0.1) is 11.6 Å². The Hall–Kier alpha value is -3.63. The van der Waals surface area contributed by atoms with Gasteiger partial charge < -0.3 is 14.4 Å². The van der Waals surface area contributed by atoms with Crippen LogP contribution in [0.5, 0.6) is 0 Å². The van der Waals surface area contributed by atoms with Crippen LogP contribution in [0.1, 0.15) is 20.8 Å². The molecule has 0 unspecified atom stereocenters. The quantitative estimate of drug-likeness (QED) is 0.423. The third kappa shape index (κ3) is 4.06. The minimum absolute atomic E-state index is 0.0413. The summed E-state index contributed by atoms with van der Waals surface area (Å²) in [6.45, 7) is 3.79. The Kier molecular flexibility index (Phi) is 5.77. The summed E-state index contributed by atoms with van der Waals surface area (Å²) in [5.74, 6) is -1.28. The van der Waals surface area contributed by atoms with Crippen LogP contribution in [0.4, 0.5) is 8.78 Å². The maximum absolute atomic E-state index is 15.0. The van der Waals surface area contributed by atoms with Crippen molar-refractivity contribution in [1.29, 1.82) is 0 Å². The van der Waals surface area contributed by atoms with Crippen LogP contribution in [0.15, 0.2) is 59.6 Å². The number of halogens is 2. The smallest absolute Gasteiger partial charge is 0.273 e. The lowest BCUT2D eigenvalue weighted by Gasteiger charge is -2.48. The fourth-order valence-electron chi connectivity index (χ4n) is 4.94. The van der Waals surface area contributed by atoms with Crippen molar-refractivity contribution >= 4 is 34.1 Å². The second-order valence-electron chi connectivity index (χ2n) is 9.12. The monoisotopic (exact) mass is 507 g/mol. The van der Waals surface area contributed by atoms with Crippen LogP contribution in [0.3, 0.4) is 0 Å². The Morgan fingerprint density at radius 1 is 0.917 bits per heavy atom. The minimum Gasteiger partial charge on any atom is -0.335 e. The molecule has 4 aromatic rings. The number of hydrogen-bond acceptors (Lipinski definition) is 5. The zero-order valence-corrected chi connectivity index (χ0v) is 20.1. The number of likely N-dealkylation sites (tertiary alicyclic amines) is 1. The summed E-state index contributed by atoms with van der Waals surface area (Å²) in [5.41, 5.74) is 3.52. The van der Waals surface area contributed by atoms with E-state index in [1.165, 1.54) is 29.5 Å². The molecule has 2 aliphatic heterocycles. The summed E-state index contributed by atoms with van der Waals surface area (Å²) >= 11 is 1.41. The number of benzene rings is 2. The molecule has 0 atom stereocenters. The van der Waals surface area contributed by atoms with Gasteiger partial charge in [0.05, 0.1) is 16.6 Å². The number of aromatic nitrogens is 2. The van der Waals surface area contributed by atoms with Gasteiger partial charge in [0, 0.05) is 68.0 Å². The second kappa shape index (κ2) is 9.11. The molecule has 36 heavy (non-hydrogen) atoms. The van der Waals surface area contributed by atoms with Gasteiger partial charge >= 0.3 is 0 Å². The average Bonchev–Trinajstić information content (AvgIpc) is 3.53. The normalized spacial score (nSPS) is 16.9. The summed E-state index contributed by atoms with van der Waals surface area (Å²) in [7, 11) is 0. The molecule has 6 rings (SSSR count). The number of fused-ring (bicyclic) bond motifs is 1. The highest BCUT2D eigenvalue weighted by molar-refractivity contribution is 7.07. The highest BCUT2D eigenvalue weighted by Crippen LogP contribution is 2.27. The number of carbonyl (C=O) groups is 2. The first-order chi connectivity index (χ1) is 17.5. The SMILES string of the molecule is O=C(c1cscn1)N1CCN(C2CN(C(=O)c3cc4ccn(-c5ccc(F)cc5)c4cc3F)C2)CC1. The van der Waals surface area contributed by atoms with Crippen LogP contribution >= 0.6 is 11.3 Å². The predicted octanol–water partition coefficient (Wildman–Crippen LogP) is 3.65. The largest absolute Gasteiger partial charge is 0.335 e. The van der Waals surface area contributed by atoms with E-state index in [2.05, 4.69) is 9.88 Å². The molecule has 184 valence electrons. The molecule has 2 aromatic heterocycles. The Morgan fingerprint density at radius 3 is 2.36 bits per heavy atom. The van der Waals surface area contributed by atoms with Crippen LogP contribution < -0.4 is 0 Å². The van der Waals surface area contributed by atoms with Crippen molar-refractivity contribution in [3.05, 3.63) is 82.4 Å². The van der Waals surface area contributed by atoms with Crippen molar-refractivity contribution in [2.75, 3.05) is 39.3 Å². The van der Waals surface area contributed by atoms with Crippen molar-refractivity contribution < 1.29 is 18.4 Å². The topological polar surface area (TPSA) is 61.7 Å². The fourth-order valence-corrected chi connectivity index (χ4v) is 5.47. The molecule has 7 nitrogen and oxygen atoms in total. The highest BCUT2D eigenvalue weighted by atomic mass is 32.1. The fraction of sp³-hybridized carbons (Fsp3) is 0.269. The zero-order valence-electron chi connectivity index (χ0n) is 19.3. The van der Waals surface area contributed by atoms with Crippen molar-refractivity contribution in [3.63, 3.8) is 0 Å². The van der Waals surface area contributed by atoms with E-state index in [0.29, 0.717) is 43.1 Å². The second-order valence-corrected chi connectivity index (χ2v) is 9.84. The van der Waals surface area contributed by atoms with Crippen molar-refractivity contribution in [2.45, 2.75) is 6.04 Å². The molecular weight excluding hydrogens is 484 g/mol. The van der Waals surface area contributed by atoms with E-state index < -0.39 is 5.82 Å². The van der Waals surface area contributed by atoms with Gasteiger partial charge in [-0.2, -0.15) is 0 Å². The molecule has 2 fully saturated rings. The molecule has 4 heterocycles. The number of rotatable bonds is 4. The molecular formula is C26H23F2N5O2S. The molecule has 0 spiro atoms. The first-order valence-corrected chi connectivity index (χ1v) is 12.7. The summed E-state index contributed by atoms with van der Waals surface area (Å²) in [6, 6.07) is 10.9. The summed E-state index contributed by atoms with van der Waals surface area (Å²) in [6.07, 6.45) is 1.78. The first-order valence-electron chi connectivity index (χ1n) is 11.8. The van der Waals surface area contributed by atoms with E-state index in [9.17, 15) is 14.0 Å². The molecule has 0 aliphatic carbocycles. The summed E-state index contributed by atoms with van der Waals surface area (Å²) < 4.78 is 30.1. The van der Waals surface area contributed by atoms with Crippen LogP contribution in [-0.4, -0.2) is 81.4 Å². The van der Waals surface area contributed by atoms with Gasteiger partial charge in [0.2, 0.25) is 0 Å². The lowest BCUT2D eigenvalue weighted by atomic mass is 10.0. The third-order valence-corrected chi connectivity index (χ3v) is 7.62. The lowest BCUT2D eigenvalue weighted by molar-refractivity contribution is 0.00823. The average molecular weight is 508 g/mol. The molecule has 0 radical (unpaired) electrons. The van der Waals surface area contributed by atoms with E-state index in [4.69, 9.17) is 0 Å². The molecule has 2 saturated heterocycles. The summed E-state index contributed by atoms with van der Waals surface area (Å²) in [4.78, 5) is 35.4. The van der Waals surface area contributed by atoms with Gasteiger partial charge in [-0.15, -0.1) is 11.3 Å². The van der Waals surface area contributed by atoms with E-state index in [1.807, 2.05) is 11.0 Å². The van der Waals surface area contributed by atoms with E-state index in [0.717, 1.165) is 18.5 Å². The van der Waals surface area contributed by atoms with Crippen molar-refractivity contribution in [1.82, 2.24) is 24.3 Å².